The van der Waals surface area contributed by atoms with Crippen molar-refractivity contribution in [2.75, 3.05) is 26.2 Å². The molecular formula is C22H23N3O2. The van der Waals surface area contributed by atoms with E-state index in [-0.39, 0.29) is 11.8 Å². The lowest BCUT2D eigenvalue weighted by atomic mass is 10.0. The summed E-state index contributed by atoms with van der Waals surface area (Å²) >= 11 is 0. The van der Waals surface area contributed by atoms with Crippen LogP contribution in [0.3, 0.4) is 0 Å². The van der Waals surface area contributed by atoms with Crippen LogP contribution in [0.1, 0.15) is 43.8 Å². The Morgan fingerprint density at radius 3 is 2.33 bits per heavy atom. The number of carbonyl (C=O) groups excluding carboxylic acids is 2. The first-order valence-electron chi connectivity index (χ1n) is 9.15. The minimum absolute atomic E-state index is 0.0250. The predicted molar refractivity (Wildman–Crippen MR) is 103 cm³/mol. The van der Waals surface area contributed by atoms with E-state index in [0.29, 0.717) is 37.3 Å². The number of hydrogen-bond acceptors (Lipinski definition) is 3. The molecule has 0 saturated carbocycles. The summed E-state index contributed by atoms with van der Waals surface area (Å²) in [7, 11) is 0. The zero-order valence-corrected chi connectivity index (χ0v) is 15.7. The van der Waals surface area contributed by atoms with E-state index in [0.717, 1.165) is 23.1 Å². The van der Waals surface area contributed by atoms with Gasteiger partial charge in [-0.25, -0.2) is 0 Å². The molecule has 0 bridgehead atoms. The molecule has 0 aromatic heterocycles. The number of nitrogens with zero attached hydrogens (tertiary/aromatic N) is 3. The lowest BCUT2D eigenvalue weighted by Gasteiger charge is -2.23. The van der Waals surface area contributed by atoms with Crippen molar-refractivity contribution in [1.29, 1.82) is 5.26 Å². The van der Waals surface area contributed by atoms with Crippen molar-refractivity contribution in [2.24, 2.45) is 0 Å². The third kappa shape index (κ3) is 4.17. The maximum atomic E-state index is 12.9. The van der Waals surface area contributed by atoms with Crippen molar-refractivity contribution in [3.05, 3.63) is 70.3 Å². The monoisotopic (exact) mass is 361 g/mol. The molecule has 0 atom stereocenters. The average molecular weight is 361 g/mol. The molecule has 138 valence electrons. The summed E-state index contributed by atoms with van der Waals surface area (Å²) in [5.41, 5.74) is 3.76. The maximum Gasteiger partial charge on any atom is 0.254 e. The normalized spacial score (nSPS) is 14.4. The highest BCUT2D eigenvalue weighted by molar-refractivity contribution is 5.96. The van der Waals surface area contributed by atoms with Gasteiger partial charge in [-0.3, -0.25) is 9.59 Å². The quantitative estimate of drug-likeness (QED) is 0.825. The molecule has 2 amide bonds. The first kappa shape index (κ1) is 18.7. The average Bonchev–Trinajstić information content (AvgIpc) is 2.95. The Kier molecular flexibility index (Phi) is 5.56. The number of hydrogen-bond donors (Lipinski definition) is 0. The molecule has 0 N–H and O–H groups in total. The molecule has 0 spiro atoms. The van der Waals surface area contributed by atoms with Gasteiger partial charge in [0.05, 0.1) is 11.6 Å². The Bertz CT molecular complexity index is 914. The van der Waals surface area contributed by atoms with Gasteiger partial charge in [-0.1, -0.05) is 23.8 Å². The van der Waals surface area contributed by atoms with Crippen LogP contribution in [0.5, 0.6) is 0 Å². The van der Waals surface area contributed by atoms with E-state index in [1.807, 2.05) is 36.9 Å². The van der Waals surface area contributed by atoms with Gasteiger partial charge in [-0.05, 0) is 50.1 Å². The van der Waals surface area contributed by atoms with E-state index in [1.54, 1.807) is 29.2 Å². The second-order valence-electron chi connectivity index (χ2n) is 6.95. The molecule has 2 aromatic rings. The highest BCUT2D eigenvalue weighted by Crippen LogP contribution is 2.16. The molecule has 5 nitrogen and oxygen atoms in total. The molecule has 0 aliphatic carbocycles. The molecule has 2 aromatic carbocycles. The number of rotatable bonds is 2. The van der Waals surface area contributed by atoms with Gasteiger partial charge < -0.3 is 9.80 Å². The second-order valence-corrected chi connectivity index (χ2v) is 6.95. The van der Waals surface area contributed by atoms with Gasteiger partial charge in [0, 0.05) is 37.3 Å². The maximum absolute atomic E-state index is 12.9. The zero-order chi connectivity index (χ0) is 19.4. The molecule has 27 heavy (non-hydrogen) atoms. The summed E-state index contributed by atoms with van der Waals surface area (Å²) in [5.74, 6) is -0.0647. The van der Waals surface area contributed by atoms with Crippen LogP contribution in [-0.4, -0.2) is 47.8 Å². The lowest BCUT2D eigenvalue weighted by Crippen LogP contribution is -2.37. The Morgan fingerprint density at radius 2 is 1.63 bits per heavy atom. The Balaban J connectivity index is 1.71. The SMILES string of the molecule is Cc1ccc(C)c(C(=O)N2CCCN(C(=O)c3cccc(C#N)c3)CC2)c1. The molecule has 1 aliphatic heterocycles. The molecule has 3 rings (SSSR count). The summed E-state index contributed by atoms with van der Waals surface area (Å²) < 4.78 is 0. The molecule has 5 heteroatoms. The highest BCUT2D eigenvalue weighted by atomic mass is 16.2. The summed E-state index contributed by atoms with van der Waals surface area (Å²) in [6, 6.07) is 14.7. The van der Waals surface area contributed by atoms with Crippen molar-refractivity contribution in [3.63, 3.8) is 0 Å². The fraction of sp³-hybridized carbons (Fsp3) is 0.318. The van der Waals surface area contributed by atoms with Gasteiger partial charge in [-0.2, -0.15) is 5.26 Å². The van der Waals surface area contributed by atoms with E-state index in [2.05, 4.69) is 6.07 Å². The van der Waals surface area contributed by atoms with Crippen molar-refractivity contribution in [3.8, 4) is 6.07 Å². The number of benzene rings is 2. The third-order valence-electron chi connectivity index (χ3n) is 4.93. The third-order valence-corrected chi connectivity index (χ3v) is 4.93. The summed E-state index contributed by atoms with van der Waals surface area (Å²) in [6.45, 7) is 6.17. The lowest BCUT2D eigenvalue weighted by molar-refractivity contribution is 0.0718. The molecule has 1 saturated heterocycles. The first-order valence-corrected chi connectivity index (χ1v) is 9.15. The van der Waals surface area contributed by atoms with Gasteiger partial charge in [0.15, 0.2) is 0 Å². The van der Waals surface area contributed by atoms with Crippen molar-refractivity contribution >= 4 is 11.8 Å². The standard InChI is InChI=1S/C22H23N3O2/c1-16-7-8-17(2)20(13-16)22(27)25-10-4-9-24(11-12-25)21(26)19-6-3-5-18(14-19)15-23/h3,5-8,13-14H,4,9-12H2,1-2H3. The fourth-order valence-corrected chi connectivity index (χ4v) is 3.36. The number of aryl methyl sites for hydroxylation is 2. The van der Waals surface area contributed by atoms with E-state index in [4.69, 9.17) is 5.26 Å². The summed E-state index contributed by atoms with van der Waals surface area (Å²) in [6.07, 6.45) is 0.736. The second kappa shape index (κ2) is 8.05. The molecule has 0 unspecified atom stereocenters. The van der Waals surface area contributed by atoms with Gasteiger partial charge in [0.1, 0.15) is 0 Å². The van der Waals surface area contributed by atoms with E-state index in [9.17, 15) is 9.59 Å². The van der Waals surface area contributed by atoms with Gasteiger partial charge in [0.2, 0.25) is 0 Å². The molecular weight excluding hydrogens is 338 g/mol. The van der Waals surface area contributed by atoms with Crippen LogP contribution in [0.15, 0.2) is 42.5 Å². The largest absolute Gasteiger partial charge is 0.337 e. The molecule has 1 fully saturated rings. The topological polar surface area (TPSA) is 64.4 Å². The van der Waals surface area contributed by atoms with Crippen LogP contribution in [0.2, 0.25) is 0 Å². The van der Waals surface area contributed by atoms with Crippen molar-refractivity contribution in [1.82, 2.24) is 9.80 Å². The van der Waals surface area contributed by atoms with Gasteiger partial charge in [0.25, 0.3) is 11.8 Å². The van der Waals surface area contributed by atoms with Crippen LogP contribution < -0.4 is 0 Å². The van der Waals surface area contributed by atoms with Crippen LogP contribution >= 0.6 is 0 Å². The van der Waals surface area contributed by atoms with Crippen molar-refractivity contribution in [2.45, 2.75) is 20.3 Å². The number of carbonyl (C=O) groups is 2. The van der Waals surface area contributed by atoms with Crippen LogP contribution in [-0.2, 0) is 0 Å². The van der Waals surface area contributed by atoms with E-state index in [1.165, 1.54) is 0 Å². The molecule has 0 radical (unpaired) electrons. The fourth-order valence-electron chi connectivity index (χ4n) is 3.36. The smallest absolute Gasteiger partial charge is 0.254 e. The minimum Gasteiger partial charge on any atom is -0.337 e. The van der Waals surface area contributed by atoms with Gasteiger partial charge >= 0.3 is 0 Å². The highest BCUT2D eigenvalue weighted by Gasteiger charge is 2.24. The van der Waals surface area contributed by atoms with Gasteiger partial charge in [-0.15, -0.1) is 0 Å². The number of amides is 2. The Morgan fingerprint density at radius 1 is 0.926 bits per heavy atom. The van der Waals surface area contributed by atoms with E-state index < -0.39 is 0 Å². The zero-order valence-electron chi connectivity index (χ0n) is 15.7. The van der Waals surface area contributed by atoms with E-state index >= 15 is 0 Å². The first-order chi connectivity index (χ1) is 13.0. The minimum atomic E-state index is -0.0897. The Hall–Kier alpha value is -3.13. The predicted octanol–water partition coefficient (Wildman–Crippen LogP) is 3.16. The Labute approximate surface area is 159 Å². The summed E-state index contributed by atoms with van der Waals surface area (Å²) in [5, 5.41) is 9.03. The van der Waals surface area contributed by atoms with Crippen molar-refractivity contribution < 1.29 is 9.59 Å². The van der Waals surface area contributed by atoms with Crippen LogP contribution in [0.25, 0.3) is 0 Å². The van der Waals surface area contributed by atoms with Crippen LogP contribution in [0, 0.1) is 25.2 Å². The molecule has 1 aliphatic rings. The molecule has 1 heterocycles. The summed E-state index contributed by atoms with van der Waals surface area (Å²) in [4.78, 5) is 29.3. The van der Waals surface area contributed by atoms with Crippen LogP contribution in [0.4, 0.5) is 0 Å². The number of nitriles is 1.